The van der Waals surface area contributed by atoms with Gasteiger partial charge in [0, 0.05) is 10.0 Å². The van der Waals surface area contributed by atoms with Crippen molar-refractivity contribution in [3.63, 3.8) is 0 Å². The number of thiazole rings is 1. The van der Waals surface area contributed by atoms with Crippen LogP contribution in [0.3, 0.4) is 0 Å². The number of halogens is 2. The third-order valence-corrected chi connectivity index (χ3v) is 6.81. The maximum absolute atomic E-state index is 13.6. The third kappa shape index (κ3) is 4.69. The molecule has 2 aromatic carbocycles. The van der Waals surface area contributed by atoms with E-state index >= 15 is 0 Å². The van der Waals surface area contributed by atoms with Crippen molar-refractivity contribution in [1.82, 2.24) is 4.57 Å². The summed E-state index contributed by atoms with van der Waals surface area (Å²) in [7, 11) is 1.58. The van der Waals surface area contributed by atoms with Crippen molar-refractivity contribution in [1.29, 1.82) is 0 Å². The molecule has 6 nitrogen and oxygen atoms in total. The lowest BCUT2D eigenvalue weighted by Crippen LogP contribution is -2.40. The first-order valence-corrected chi connectivity index (χ1v) is 12.1. The summed E-state index contributed by atoms with van der Waals surface area (Å²) in [5.41, 5.74) is 1.94. The minimum absolute atomic E-state index is 0.280. The first kappa shape index (κ1) is 24.3. The summed E-state index contributed by atoms with van der Waals surface area (Å²) in [5, 5.41) is 0.939. The topological polar surface area (TPSA) is 69.9 Å². The Morgan fingerprint density at radius 1 is 1.18 bits per heavy atom. The Kier molecular flexibility index (Phi) is 6.98. The molecule has 3 aromatic rings. The highest BCUT2D eigenvalue weighted by Gasteiger charge is 2.33. The molecule has 2 heterocycles. The fourth-order valence-corrected chi connectivity index (χ4v) is 5.22. The van der Waals surface area contributed by atoms with Crippen LogP contribution < -0.4 is 19.6 Å². The van der Waals surface area contributed by atoms with E-state index in [1.807, 2.05) is 12.1 Å². The average Bonchev–Trinajstić information content (AvgIpc) is 3.08. The van der Waals surface area contributed by atoms with Gasteiger partial charge in [-0.15, -0.1) is 0 Å². The van der Waals surface area contributed by atoms with Crippen LogP contribution >= 0.6 is 34.5 Å². The van der Waals surface area contributed by atoms with Gasteiger partial charge in [0.2, 0.25) is 0 Å². The van der Waals surface area contributed by atoms with Crippen LogP contribution in [-0.2, 0) is 9.53 Å². The molecule has 0 bridgehead atoms. The second kappa shape index (κ2) is 9.78. The van der Waals surface area contributed by atoms with Crippen LogP contribution in [0.2, 0.25) is 10.0 Å². The van der Waals surface area contributed by atoms with Gasteiger partial charge in [0.1, 0.15) is 5.75 Å². The predicted molar refractivity (Wildman–Crippen MR) is 134 cm³/mol. The van der Waals surface area contributed by atoms with E-state index in [-0.39, 0.29) is 11.7 Å². The number of hydrogen-bond acceptors (Lipinski definition) is 6. The van der Waals surface area contributed by atoms with Crippen molar-refractivity contribution < 1.29 is 14.3 Å². The maximum Gasteiger partial charge on any atom is 0.338 e. The summed E-state index contributed by atoms with van der Waals surface area (Å²) in [6.07, 6.45) is 1.39. The molecule has 176 valence electrons. The molecule has 0 spiro atoms. The van der Waals surface area contributed by atoms with Gasteiger partial charge in [0.05, 0.1) is 35.1 Å². The number of methoxy groups -OCH3 is 1. The third-order valence-electron chi connectivity index (χ3n) is 5.26. The SMILES string of the molecule is COc1ccc(C2C(C(=O)OC(C)C)=C(C)N=c3s/c(=C\c4ccc(Cl)cc4Cl)c(=O)n32)cc1. The highest BCUT2D eigenvalue weighted by molar-refractivity contribution is 7.07. The number of allylic oxidation sites excluding steroid dienone is 1. The van der Waals surface area contributed by atoms with Crippen LogP contribution in [0.5, 0.6) is 5.75 Å². The normalized spacial score (nSPS) is 15.9. The highest BCUT2D eigenvalue weighted by Crippen LogP contribution is 2.32. The number of carbonyl (C=O) groups is 1. The number of esters is 1. The zero-order valence-electron chi connectivity index (χ0n) is 19.0. The van der Waals surface area contributed by atoms with Crippen molar-refractivity contribution in [2.24, 2.45) is 4.99 Å². The number of benzene rings is 2. The van der Waals surface area contributed by atoms with Crippen LogP contribution in [0, 0.1) is 0 Å². The minimum Gasteiger partial charge on any atom is -0.497 e. The smallest absolute Gasteiger partial charge is 0.338 e. The molecule has 4 rings (SSSR count). The van der Waals surface area contributed by atoms with E-state index < -0.39 is 12.0 Å². The Bertz CT molecular complexity index is 1470. The fourth-order valence-electron chi connectivity index (χ4n) is 3.72. The zero-order valence-corrected chi connectivity index (χ0v) is 21.3. The molecule has 0 radical (unpaired) electrons. The minimum atomic E-state index is -0.698. The molecule has 0 N–H and O–H groups in total. The van der Waals surface area contributed by atoms with Crippen LogP contribution in [0.25, 0.3) is 6.08 Å². The van der Waals surface area contributed by atoms with E-state index in [1.54, 1.807) is 64.3 Å². The first-order chi connectivity index (χ1) is 16.2. The standard InChI is InChI=1S/C25H22Cl2N2O4S/c1-13(2)33-24(31)21-14(3)28-25-29(22(21)15-6-9-18(32-4)10-7-15)23(30)20(34-25)11-16-5-8-17(26)12-19(16)27/h5-13,22H,1-4H3/b20-11-. The van der Waals surface area contributed by atoms with Gasteiger partial charge in [-0.3, -0.25) is 9.36 Å². The summed E-state index contributed by atoms with van der Waals surface area (Å²) in [6.45, 7) is 5.31. The summed E-state index contributed by atoms with van der Waals surface area (Å²) >= 11 is 13.6. The van der Waals surface area contributed by atoms with Crippen LogP contribution in [0.15, 0.2) is 63.5 Å². The highest BCUT2D eigenvalue weighted by atomic mass is 35.5. The van der Waals surface area contributed by atoms with E-state index in [9.17, 15) is 9.59 Å². The molecular formula is C25H22Cl2N2O4S. The number of aromatic nitrogens is 1. The quantitative estimate of drug-likeness (QED) is 0.468. The summed E-state index contributed by atoms with van der Waals surface area (Å²) in [6, 6.07) is 11.6. The largest absolute Gasteiger partial charge is 0.497 e. The Morgan fingerprint density at radius 3 is 2.50 bits per heavy atom. The van der Waals surface area contributed by atoms with E-state index in [4.69, 9.17) is 32.7 Å². The number of nitrogens with zero attached hydrogens (tertiary/aromatic N) is 2. The number of carbonyl (C=O) groups excluding carboxylic acids is 1. The molecular weight excluding hydrogens is 495 g/mol. The van der Waals surface area contributed by atoms with Gasteiger partial charge in [0.25, 0.3) is 5.56 Å². The molecule has 0 saturated heterocycles. The van der Waals surface area contributed by atoms with Gasteiger partial charge in [0.15, 0.2) is 4.80 Å². The van der Waals surface area contributed by atoms with Gasteiger partial charge in [-0.25, -0.2) is 9.79 Å². The first-order valence-electron chi connectivity index (χ1n) is 10.5. The summed E-state index contributed by atoms with van der Waals surface area (Å²) in [5.74, 6) is 0.160. The fraction of sp³-hybridized carbons (Fsp3) is 0.240. The van der Waals surface area contributed by atoms with Gasteiger partial charge in [-0.1, -0.05) is 52.7 Å². The lowest BCUT2D eigenvalue weighted by atomic mass is 9.96. The lowest BCUT2D eigenvalue weighted by molar-refractivity contribution is -0.143. The van der Waals surface area contributed by atoms with Gasteiger partial charge in [-0.2, -0.15) is 0 Å². The van der Waals surface area contributed by atoms with Gasteiger partial charge < -0.3 is 9.47 Å². The molecule has 0 saturated carbocycles. The maximum atomic E-state index is 13.6. The number of ether oxygens (including phenoxy) is 2. The number of fused-ring (bicyclic) bond motifs is 1. The molecule has 1 unspecified atom stereocenters. The monoisotopic (exact) mass is 516 g/mol. The van der Waals surface area contributed by atoms with E-state index in [2.05, 4.69) is 4.99 Å². The molecule has 1 atom stereocenters. The van der Waals surface area contributed by atoms with Crippen molar-refractivity contribution in [2.75, 3.05) is 7.11 Å². The van der Waals surface area contributed by atoms with E-state index in [0.29, 0.717) is 42.0 Å². The molecule has 34 heavy (non-hydrogen) atoms. The van der Waals surface area contributed by atoms with Crippen molar-refractivity contribution in [3.05, 3.63) is 94.6 Å². The Hall–Kier alpha value is -2.87. The molecule has 0 fully saturated rings. The Labute approximate surface area is 210 Å². The lowest BCUT2D eigenvalue weighted by Gasteiger charge is -2.25. The van der Waals surface area contributed by atoms with Crippen LogP contribution in [0.4, 0.5) is 0 Å². The summed E-state index contributed by atoms with van der Waals surface area (Å²) < 4.78 is 12.8. The number of rotatable bonds is 5. The molecule has 1 aliphatic heterocycles. The Balaban J connectivity index is 1.94. The van der Waals surface area contributed by atoms with E-state index in [1.165, 1.54) is 15.9 Å². The van der Waals surface area contributed by atoms with Crippen molar-refractivity contribution in [3.8, 4) is 5.75 Å². The van der Waals surface area contributed by atoms with Gasteiger partial charge in [-0.05, 0) is 62.2 Å². The molecule has 9 heteroatoms. The molecule has 0 amide bonds. The second-order valence-corrected chi connectivity index (χ2v) is 9.83. The average molecular weight is 517 g/mol. The number of hydrogen-bond donors (Lipinski definition) is 0. The van der Waals surface area contributed by atoms with Crippen LogP contribution in [-0.4, -0.2) is 23.8 Å². The summed E-state index contributed by atoms with van der Waals surface area (Å²) in [4.78, 5) is 31.8. The van der Waals surface area contributed by atoms with Crippen molar-refractivity contribution in [2.45, 2.75) is 32.9 Å². The molecule has 1 aliphatic rings. The second-order valence-electron chi connectivity index (χ2n) is 7.97. The zero-order chi connectivity index (χ0) is 24.6. The molecule has 0 aliphatic carbocycles. The van der Waals surface area contributed by atoms with Gasteiger partial charge >= 0.3 is 5.97 Å². The van der Waals surface area contributed by atoms with Crippen molar-refractivity contribution >= 4 is 46.6 Å². The Morgan fingerprint density at radius 2 is 1.88 bits per heavy atom. The molecule has 1 aromatic heterocycles. The van der Waals surface area contributed by atoms with Crippen LogP contribution in [0.1, 0.15) is 37.9 Å². The predicted octanol–water partition coefficient (Wildman–Crippen LogP) is 4.50. The van der Waals surface area contributed by atoms with E-state index in [0.717, 1.165) is 5.56 Å².